The Bertz CT molecular complexity index is 123. The van der Waals surface area contributed by atoms with Crippen molar-refractivity contribution < 1.29 is 4.74 Å². The number of halogens is 1. The van der Waals surface area contributed by atoms with Gasteiger partial charge in [-0.2, -0.15) is 0 Å². The zero-order valence-corrected chi connectivity index (χ0v) is 8.81. The summed E-state index contributed by atoms with van der Waals surface area (Å²) in [4.78, 5) is 0. The normalized spacial score (nSPS) is 31.0. The molecule has 0 aromatic heterocycles. The van der Waals surface area contributed by atoms with Gasteiger partial charge >= 0.3 is 0 Å². The highest BCUT2D eigenvalue weighted by Crippen LogP contribution is 2.27. The lowest BCUT2D eigenvalue weighted by Crippen LogP contribution is -2.32. The minimum absolute atomic E-state index is 0.351. The lowest BCUT2D eigenvalue weighted by atomic mass is 9.91. The van der Waals surface area contributed by atoms with Gasteiger partial charge in [0.2, 0.25) is 0 Å². The van der Waals surface area contributed by atoms with Crippen molar-refractivity contribution in [1.29, 1.82) is 0 Å². The summed E-state index contributed by atoms with van der Waals surface area (Å²) in [6, 6.07) is 0. The van der Waals surface area contributed by atoms with Crippen LogP contribution in [-0.2, 0) is 4.74 Å². The van der Waals surface area contributed by atoms with Gasteiger partial charge in [-0.15, -0.1) is 11.6 Å². The fourth-order valence-electron chi connectivity index (χ4n) is 1.93. The Kier molecular flexibility index (Phi) is 4.38. The number of hydrogen-bond acceptors (Lipinski definition) is 1. The van der Waals surface area contributed by atoms with Crippen molar-refractivity contribution >= 4 is 11.6 Å². The van der Waals surface area contributed by atoms with Gasteiger partial charge in [0.05, 0.1) is 6.10 Å². The lowest BCUT2D eigenvalue weighted by Gasteiger charge is -2.31. The van der Waals surface area contributed by atoms with Crippen LogP contribution in [0.4, 0.5) is 0 Å². The molecule has 0 bridgehead atoms. The molecule has 0 N–H and O–H groups in total. The van der Waals surface area contributed by atoms with E-state index in [1.54, 1.807) is 0 Å². The molecule has 0 spiro atoms. The fourth-order valence-corrected chi connectivity index (χ4v) is 2.19. The van der Waals surface area contributed by atoms with Crippen molar-refractivity contribution in [1.82, 2.24) is 0 Å². The van der Waals surface area contributed by atoms with Crippen LogP contribution in [-0.4, -0.2) is 18.1 Å². The summed E-state index contributed by atoms with van der Waals surface area (Å²) >= 11 is 6.09. The molecule has 0 aromatic rings. The average Bonchev–Trinajstić information content (AvgIpc) is 2.07. The molecule has 2 atom stereocenters. The van der Waals surface area contributed by atoms with Crippen LogP contribution in [0.1, 0.15) is 39.5 Å². The molecule has 1 saturated heterocycles. The van der Waals surface area contributed by atoms with E-state index in [0.29, 0.717) is 17.4 Å². The van der Waals surface area contributed by atoms with Gasteiger partial charge in [-0.3, -0.25) is 0 Å². The van der Waals surface area contributed by atoms with E-state index in [1.165, 1.54) is 12.8 Å². The molecule has 0 aliphatic carbocycles. The molecular weight excluding hydrogens is 172 g/mol. The Hall–Kier alpha value is 0.250. The lowest BCUT2D eigenvalue weighted by molar-refractivity contribution is -0.0212. The molecule has 1 heterocycles. The summed E-state index contributed by atoms with van der Waals surface area (Å²) in [7, 11) is 0. The number of ether oxygens (including phenoxy) is 1. The SMILES string of the molecule is CCC(CC)C1CC(Cl)CCO1. The average molecular weight is 191 g/mol. The van der Waals surface area contributed by atoms with Crippen LogP contribution in [0.3, 0.4) is 0 Å². The second kappa shape index (κ2) is 5.08. The monoisotopic (exact) mass is 190 g/mol. The van der Waals surface area contributed by atoms with Crippen molar-refractivity contribution in [3.8, 4) is 0 Å². The van der Waals surface area contributed by atoms with Crippen LogP contribution in [0, 0.1) is 5.92 Å². The maximum Gasteiger partial charge on any atom is 0.0617 e. The Morgan fingerprint density at radius 2 is 2.08 bits per heavy atom. The molecule has 0 saturated carbocycles. The first-order valence-corrected chi connectivity index (χ1v) is 5.47. The topological polar surface area (TPSA) is 9.23 Å². The van der Waals surface area contributed by atoms with E-state index in [1.807, 2.05) is 0 Å². The molecule has 1 nitrogen and oxygen atoms in total. The first-order valence-electron chi connectivity index (χ1n) is 5.03. The van der Waals surface area contributed by atoms with Crippen molar-refractivity contribution in [3.05, 3.63) is 0 Å². The van der Waals surface area contributed by atoms with Crippen LogP contribution in [0.25, 0.3) is 0 Å². The zero-order chi connectivity index (χ0) is 8.97. The largest absolute Gasteiger partial charge is 0.378 e. The van der Waals surface area contributed by atoms with Crippen LogP contribution >= 0.6 is 11.6 Å². The minimum Gasteiger partial charge on any atom is -0.378 e. The molecular formula is C10H19ClO. The van der Waals surface area contributed by atoms with Crippen molar-refractivity contribution in [3.63, 3.8) is 0 Å². The molecule has 0 radical (unpaired) electrons. The molecule has 2 heteroatoms. The fraction of sp³-hybridized carbons (Fsp3) is 1.00. The molecule has 1 aliphatic heterocycles. The summed E-state index contributed by atoms with van der Waals surface area (Å²) in [6.07, 6.45) is 4.93. The highest BCUT2D eigenvalue weighted by atomic mass is 35.5. The zero-order valence-electron chi connectivity index (χ0n) is 8.05. The van der Waals surface area contributed by atoms with Crippen LogP contribution in [0.2, 0.25) is 0 Å². The first-order chi connectivity index (χ1) is 5.77. The summed E-state index contributed by atoms with van der Waals surface area (Å²) in [5.74, 6) is 0.714. The van der Waals surface area contributed by atoms with E-state index in [2.05, 4.69) is 13.8 Å². The molecule has 72 valence electrons. The van der Waals surface area contributed by atoms with E-state index >= 15 is 0 Å². The molecule has 1 fully saturated rings. The van der Waals surface area contributed by atoms with E-state index in [-0.39, 0.29) is 0 Å². The molecule has 0 aromatic carbocycles. The van der Waals surface area contributed by atoms with Crippen LogP contribution < -0.4 is 0 Å². The third-order valence-corrected chi connectivity index (χ3v) is 3.22. The Labute approximate surface area is 80.4 Å². The number of hydrogen-bond donors (Lipinski definition) is 0. The second-order valence-corrected chi connectivity index (χ2v) is 4.22. The van der Waals surface area contributed by atoms with Crippen LogP contribution in [0.15, 0.2) is 0 Å². The molecule has 2 unspecified atom stereocenters. The Morgan fingerprint density at radius 3 is 2.58 bits per heavy atom. The number of alkyl halides is 1. The highest BCUT2D eigenvalue weighted by molar-refractivity contribution is 6.20. The predicted octanol–water partition coefficient (Wildman–Crippen LogP) is 3.21. The molecule has 1 rings (SSSR count). The first kappa shape index (κ1) is 10.3. The quantitative estimate of drug-likeness (QED) is 0.621. The summed E-state index contributed by atoms with van der Waals surface area (Å²) in [5.41, 5.74) is 0. The van der Waals surface area contributed by atoms with Crippen molar-refractivity contribution in [2.24, 2.45) is 5.92 Å². The van der Waals surface area contributed by atoms with E-state index < -0.39 is 0 Å². The third kappa shape index (κ3) is 2.63. The Balaban J connectivity index is 2.38. The standard InChI is InChI=1S/C10H19ClO/c1-3-8(4-2)10-7-9(11)5-6-12-10/h8-10H,3-7H2,1-2H3. The van der Waals surface area contributed by atoms with E-state index in [9.17, 15) is 0 Å². The van der Waals surface area contributed by atoms with Gasteiger partial charge in [-0.05, 0) is 18.8 Å². The van der Waals surface area contributed by atoms with E-state index in [4.69, 9.17) is 16.3 Å². The summed E-state index contributed by atoms with van der Waals surface area (Å²) in [6.45, 7) is 5.32. The van der Waals surface area contributed by atoms with Gasteiger partial charge < -0.3 is 4.74 Å². The Morgan fingerprint density at radius 1 is 1.42 bits per heavy atom. The van der Waals surface area contributed by atoms with Crippen molar-refractivity contribution in [2.45, 2.75) is 51.0 Å². The summed E-state index contributed by atoms with van der Waals surface area (Å²) in [5, 5.41) is 0.351. The minimum atomic E-state index is 0.351. The molecule has 12 heavy (non-hydrogen) atoms. The van der Waals surface area contributed by atoms with Crippen LogP contribution in [0.5, 0.6) is 0 Å². The molecule has 0 amide bonds. The molecule has 1 aliphatic rings. The number of rotatable bonds is 3. The van der Waals surface area contributed by atoms with Gasteiger partial charge in [0, 0.05) is 12.0 Å². The predicted molar refractivity (Wildman–Crippen MR) is 52.7 cm³/mol. The van der Waals surface area contributed by atoms with Gasteiger partial charge in [0.15, 0.2) is 0 Å². The smallest absolute Gasteiger partial charge is 0.0617 e. The van der Waals surface area contributed by atoms with Gasteiger partial charge in [-0.25, -0.2) is 0 Å². The highest BCUT2D eigenvalue weighted by Gasteiger charge is 2.26. The second-order valence-electron chi connectivity index (χ2n) is 3.61. The maximum absolute atomic E-state index is 6.09. The maximum atomic E-state index is 6.09. The van der Waals surface area contributed by atoms with Gasteiger partial charge in [0.1, 0.15) is 0 Å². The van der Waals surface area contributed by atoms with E-state index in [0.717, 1.165) is 19.4 Å². The third-order valence-electron chi connectivity index (χ3n) is 2.83. The van der Waals surface area contributed by atoms with Gasteiger partial charge in [0.25, 0.3) is 0 Å². The van der Waals surface area contributed by atoms with Crippen molar-refractivity contribution in [2.75, 3.05) is 6.61 Å². The van der Waals surface area contributed by atoms with Gasteiger partial charge in [-0.1, -0.05) is 26.7 Å². The summed E-state index contributed by atoms with van der Waals surface area (Å²) < 4.78 is 5.71.